The van der Waals surface area contributed by atoms with Crippen LogP contribution in [0.2, 0.25) is 0 Å². The number of nitrogens with zero attached hydrogens (tertiary/aromatic N) is 1. The lowest BCUT2D eigenvalue weighted by Gasteiger charge is -2.49. The molecule has 1 amide bonds. The van der Waals surface area contributed by atoms with Crippen LogP contribution in [0.5, 0.6) is 0 Å². The quantitative estimate of drug-likeness (QED) is 0.684. The van der Waals surface area contributed by atoms with E-state index in [-0.39, 0.29) is 6.42 Å². The predicted molar refractivity (Wildman–Crippen MR) is 77.3 cm³/mol. The van der Waals surface area contributed by atoms with Crippen molar-refractivity contribution in [3.8, 4) is 0 Å². The lowest BCUT2D eigenvalue weighted by atomic mass is 9.86. The average Bonchev–Trinajstić information content (AvgIpc) is 2.27. The fraction of sp³-hybridized carbons (Fsp3) is 0.857. The number of ether oxygens (including phenoxy) is 2. The smallest absolute Gasteiger partial charge is 0.410 e. The van der Waals surface area contributed by atoms with Gasteiger partial charge in [0, 0.05) is 26.2 Å². The molecule has 0 unspecified atom stereocenters. The van der Waals surface area contributed by atoms with Gasteiger partial charge in [-0.2, -0.15) is 0 Å². The van der Waals surface area contributed by atoms with Crippen LogP contribution in [0.3, 0.4) is 0 Å². The van der Waals surface area contributed by atoms with E-state index in [2.05, 4.69) is 5.32 Å². The Bertz CT molecular complexity index is 372. The first-order valence-electron chi connectivity index (χ1n) is 7.20. The summed E-state index contributed by atoms with van der Waals surface area (Å²) in [7, 11) is 0. The summed E-state index contributed by atoms with van der Waals surface area (Å²) in [6.07, 6.45) is -0.437. The molecular formula is C14H26N2O5. The molecule has 1 aliphatic rings. The Hall–Kier alpha value is -1.34. The highest BCUT2D eigenvalue weighted by Crippen LogP contribution is 2.26. The first-order valence-corrected chi connectivity index (χ1v) is 7.20. The number of rotatable bonds is 7. The molecule has 2 N–H and O–H groups in total. The summed E-state index contributed by atoms with van der Waals surface area (Å²) < 4.78 is 10.5. The Morgan fingerprint density at radius 1 is 1.33 bits per heavy atom. The standard InChI is InChI=1S/C14H26N2O5/c1-5-20-7-6-15-14(8-11(17)18)9-16(10-14)12(19)21-13(2,3)4/h15H,5-10H2,1-4H3,(H,17,18). The predicted octanol–water partition coefficient (Wildman–Crippen LogP) is 1.08. The molecule has 0 aromatic rings. The first-order chi connectivity index (χ1) is 9.67. The lowest BCUT2D eigenvalue weighted by Crippen LogP contribution is -2.71. The molecule has 1 aliphatic heterocycles. The zero-order valence-electron chi connectivity index (χ0n) is 13.3. The van der Waals surface area contributed by atoms with Crippen molar-refractivity contribution in [1.29, 1.82) is 0 Å². The van der Waals surface area contributed by atoms with Gasteiger partial charge in [-0.05, 0) is 27.7 Å². The highest BCUT2D eigenvalue weighted by Gasteiger charge is 2.47. The fourth-order valence-corrected chi connectivity index (χ4v) is 2.25. The summed E-state index contributed by atoms with van der Waals surface area (Å²) in [4.78, 5) is 24.4. The SMILES string of the molecule is CCOCCNC1(CC(=O)O)CN(C(=O)OC(C)(C)C)C1. The van der Waals surface area contributed by atoms with Crippen molar-refractivity contribution in [3.63, 3.8) is 0 Å². The zero-order valence-corrected chi connectivity index (χ0v) is 13.3. The number of carbonyl (C=O) groups is 2. The number of hydrogen-bond donors (Lipinski definition) is 2. The number of carboxylic acid groups (broad SMARTS) is 1. The van der Waals surface area contributed by atoms with E-state index < -0.39 is 23.2 Å². The molecule has 1 heterocycles. The fourth-order valence-electron chi connectivity index (χ4n) is 2.25. The second-order valence-electron chi connectivity index (χ2n) is 6.31. The molecule has 0 aliphatic carbocycles. The zero-order chi connectivity index (χ0) is 16.1. The molecule has 7 nitrogen and oxygen atoms in total. The minimum absolute atomic E-state index is 0.0293. The van der Waals surface area contributed by atoms with Gasteiger partial charge >= 0.3 is 12.1 Å². The van der Waals surface area contributed by atoms with Gasteiger partial charge in [0.1, 0.15) is 5.60 Å². The summed E-state index contributed by atoms with van der Waals surface area (Å²) in [5.74, 6) is -0.886. The van der Waals surface area contributed by atoms with E-state index in [1.165, 1.54) is 4.90 Å². The van der Waals surface area contributed by atoms with Gasteiger partial charge in [-0.25, -0.2) is 4.79 Å². The minimum Gasteiger partial charge on any atom is -0.481 e. The Morgan fingerprint density at radius 2 is 1.95 bits per heavy atom. The number of aliphatic carboxylic acids is 1. The van der Waals surface area contributed by atoms with Crippen LogP contribution in [0.4, 0.5) is 4.79 Å². The maximum absolute atomic E-state index is 11.9. The molecule has 0 aromatic carbocycles. The van der Waals surface area contributed by atoms with Gasteiger partial charge in [0.05, 0.1) is 18.6 Å². The van der Waals surface area contributed by atoms with E-state index in [9.17, 15) is 9.59 Å². The van der Waals surface area contributed by atoms with Crippen molar-refractivity contribution in [2.24, 2.45) is 0 Å². The summed E-state index contributed by atoms with van der Waals surface area (Å²) in [6, 6.07) is 0. The molecule has 0 saturated carbocycles. The lowest BCUT2D eigenvalue weighted by molar-refractivity contribution is -0.141. The van der Waals surface area contributed by atoms with E-state index in [0.29, 0.717) is 32.8 Å². The van der Waals surface area contributed by atoms with Crippen molar-refractivity contribution < 1.29 is 24.2 Å². The minimum atomic E-state index is -0.886. The number of carbonyl (C=O) groups excluding carboxylic acids is 1. The molecule has 0 spiro atoms. The van der Waals surface area contributed by atoms with Crippen LogP contribution in [-0.2, 0) is 14.3 Å². The molecule has 7 heteroatoms. The Morgan fingerprint density at radius 3 is 2.43 bits per heavy atom. The van der Waals surface area contributed by atoms with Crippen molar-refractivity contribution in [1.82, 2.24) is 10.2 Å². The van der Waals surface area contributed by atoms with Crippen molar-refractivity contribution in [2.75, 3.05) is 32.8 Å². The summed E-state index contributed by atoms with van der Waals surface area (Å²) in [5, 5.41) is 12.2. The van der Waals surface area contributed by atoms with Crippen LogP contribution < -0.4 is 5.32 Å². The molecule has 0 aromatic heterocycles. The molecule has 1 fully saturated rings. The van der Waals surface area contributed by atoms with Gasteiger partial charge in [-0.15, -0.1) is 0 Å². The highest BCUT2D eigenvalue weighted by molar-refractivity contribution is 5.73. The van der Waals surface area contributed by atoms with Crippen LogP contribution in [0.15, 0.2) is 0 Å². The average molecular weight is 302 g/mol. The third-order valence-electron chi connectivity index (χ3n) is 3.08. The van der Waals surface area contributed by atoms with Crippen molar-refractivity contribution >= 4 is 12.1 Å². The topological polar surface area (TPSA) is 88.1 Å². The molecule has 0 atom stereocenters. The van der Waals surface area contributed by atoms with Crippen LogP contribution in [0, 0.1) is 0 Å². The maximum Gasteiger partial charge on any atom is 0.410 e. The van der Waals surface area contributed by atoms with E-state index in [4.69, 9.17) is 14.6 Å². The van der Waals surface area contributed by atoms with Gasteiger partial charge in [0.15, 0.2) is 0 Å². The Labute approximate surface area is 125 Å². The van der Waals surface area contributed by atoms with E-state index in [1.54, 1.807) is 20.8 Å². The van der Waals surface area contributed by atoms with Gasteiger partial charge in [-0.3, -0.25) is 4.79 Å². The molecule has 0 radical (unpaired) electrons. The second kappa shape index (κ2) is 7.09. The normalized spacial score (nSPS) is 17.2. The second-order valence-corrected chi connectivity index (χ2v) is 6.31. The molecule has 0 bridgehead atoms. The third-order valence-corrected chi connectivity index (χ3v) is 3.08. The van der Waals surface area contributed by atoms with E-state index in [1.807, 2.05) is 6.92 Å². The van der Waals surface area contributed by atoms with Gasteiger partial charge < -0.3 is 24.8 Å². The number of nitrogens with one attached hydrogen (secondary N) is 1. The van der Waals surface area contributed by atoms with Crippen LogP contribution in [0.25, 0.3) is 0 Å². The van der Waals surface area contributed by atoms with E-state index in [0.717, 1.165) is 0 Å². The summed E-state index contributed by atoms with van der Waals surface area (Å²) >= 11 is 0. The highest BCUT2D eigenvalue weighted by atomic mass is 16.6. The van der Waals surface area contributed by atoms with Crippen LogP contribution in [0.1, 0.15) is 34.1 Å². The summed E-state index contributed by atoms with van der Waals surface area (Å²) in [6.45, 7) is 9.67. The van der Waals surface area contributed by atoms with Gasteiger partial charge in [-0.1, -0.05) is 0 Å². The molecule has 21 heavy (non-hydrogen) atoms. The number of likely N-dealkylation sites (tertiary alicyclic amines) is 1. The largest absolute Gasteiger partial charge is 0.481 e. The third kappa shape index (κ3) is 5.89. The number of amides is 1. The first kappa shape index (κ1) is 17.7. The van der Waals surface area contributed by atoms with E-state index >= 15 is 0 Å². The monoisotopic (exact) mass is 302 g/mol. The van der Waals surface area contributed by atoms with Crippen LogP contribution >= 0.6 is 0 Å². The number of hydrogen-bond acceptors (Lipinski definition) is 5. The Balaban J connectivity index is 2.49. The van der Waals surface area contributed by atoms with Crippen molar-refractivity contribution in [2.45, 2.75) is 45.3 Å². The number of carboxylic acids is 1. The van der Waals surface area contributed by atoms with Crippen molar-refractivity contribution in [3.05, 3.63) is 0 Å². The molecule has 1 saturated heterocycles. The molecule has 1 rings (SSSR count). The van der Waals surface area contributed by atoms with Gasteiger partial charge in [0.25, 0.3) is 0 Å². The Kier molecular flexibility index (Phi) is 5.98. The summed E-state index contributed by atoms with van der Waals surface area (Å²) in [5.41, 5.74) is -1.13. The molecule has 122 valence electrons. The molecular weight excluding hydrogens is 276 g/mol. The van der Waals surface area contributed by atoms with Crippen LogP contribution in [-0.4, -0.2) is 66.1 Å². The van der Waals surface area contributed by atoms with Gasteiger partial charge in [0.2, 0.25) is 0 Å². The maximum atomic E-state index is 11.9.